The summed E-state index contributed by atoms with van der Waals surface area (Å²) in [6, 6.07) is 11.2. The zero-order valence-electron chi connectivity index (χ0n) is 19.0. The van der Waals surface area contributed by atoms with Gasteiger partial charge in [-0.3, -0.25) is 4.79 Å². The summed E-state index contributed by atoms with van der Waals surface area (Å²) in [6.45, 7) is 8.76. The molecule has 0 saturated carbocycles. The fraction of sp³-hybridized carbons (Fsp3) is 0.458. The molecule has 1 N–H and O–H groups in total. The third-order valence-corrected chi connectivity index (χ3v) is 8.44. The zero-order valence-corrected chi connectivity index (χ0v) is 19.8. The van der Waals surface area contributed by atoms with Gasteiger partial charge in [-0.1, -0.05) is 25.1 Å². The minimum atomic E-state index is -3.58. The molecule has 31 heavy (non-hydrogen) atoms. The maximum atomic E-state index is 13.2. The molecule has 0 aliphatic carbocycles. The molecule has 0 radical (unpaired) electrons. The molecule has 1 saturated heterocycles. The van der Waals surface area contributed by atoms with Crippen molar-refractivity contribution >= 4 is 15.9 Å². The summed E-state index contributed by atoms with van der Waals surface area (Å²) in [5.41, 5.74) is 3.20. The lowest BCUT2D eigenvalue weighted by Gasteiger charge is -2.37. The van der Waals surface area contributed by atoms with Crippen molar-refractivity contribution in [2.75, 3.05) is 20.2 Å². The van der Waals surface area contributed by atoms with Crippen molar-refractivity contribution in [1.82, 2.24) is 9.62 Å². The maximum Gasteiger partial charge on any atom is 0.243 e. The number of carbonyl (C=O) groups is 1. The van der Waals surface area contributed by atoms with E-state index in [2.05, 4.69) is 5.32 Å². The number of hydrogen-bond donors (Lipinski definition) is 1. The zero-order chi connectivity index (χ0) is 22.8. The second kappa shape index (κ2) is 9.01. The number of amides is 1. The van der Waals surface area contributed by atoms with Crippen molar-refractivity contribution in [2.24, 2.45) is 5.41 Å². The molecule has 6 nitrogen and oxygen atoms in total. The van der Waals surface area contributed by atoms with Gasteiger partial charge >= 0.3 is 0 Å². The Hall–Kier alpha value is -2.38. The Morgan fingerprint density at radius 1 is 1.03 bits per heavy atom. The average Bonchev–Trinajstić information content (AvgIpc) is 2.75. The molecule has 0 bridgehead atoms. The number of nitrogens with one attached hydrogen (secondary N) is 1. The molecule has 2 aromatic rings. The largest absolute Gasteiger partial charge is 0.497 e. The number of carbonyl (C=O) groups excluding carboxylic acids is 1. The minimum Gasteiger partial charge on any atom is -0.497 e. The SMILES string of the molecule is COc1ccc(CNC(=O)C2(C)CCN(S(=O)(=O)c3cc(C)c(C)cc3C)CC2)cc1. The Morgan fingerprint density at radius 3 is 2.19 bits per heavy atom. The van der Waals surface area contributed by atoms with Crippen LogP contribution in [-0.4, -0.2) is 38.8 Å². The van der Waals surface area contributed by atoms with Crippen LogP contribution in [0.1, 0.15) is 42.0 Å². The van der Waals surface area contributed by atoms with E-state index in [0.717, 1.165) is 28.0 Å². The topological polar surface area (TPSA) is 75.7 Å². The molecular formula is C24H32N2O4S. The Bertz CT molecular complexity index is 1050. The highest BCUT2D eigenvalue weighted by Gasteiger charge is 2.40. The monoisotopic (exact) mass is 444 g/mol. The molecule has 1 aliphatic heterocycles. The van der Waals surface area contributed by atoms with E-state index in [1.54, 1.807) is 13.2 Å². The fourth-order valence-electron chi connectivity index (χ4n) is 3.94. The van der Waals surface area contributed by atoms with Crippen molar-refractivity contribution in [3.05, 3.63) is 58.7 Å². The average molecular weight is 445 g/mol. The van der Waals surface area contributed by atoms with Crippen LogP contribution in [-0.2, 0) is 21.4 Å². The number of sulfonamides is 1. The van der Waals surface area contributed by atoms with Gasteiger partial charge in [0.15, 0.2) is 0 Å². The van der Waals surface area contributed by atoms with Crippen LogP contribution in [0, 0.1) is 26.2 Å². The summed E-state index contributed by atoms with van der Waals surface area (Å²) in [5, 5.41) is 3.01. The second-order valence-electron chi connectivity index (χ2n) is 8.70. The minimum absolute atomic E-state index is 0.0391. The van der Waals surface area contributed by atoms with Crippen LogP contribution < -0.4 is 10.1 Å². The number of ether oxygens (including phenoxy) is 1. The van der Waals surface area contributed by atoms with Crippen LogP contribution in [0.15, 0.2) is 41.3 Å². The van der Waals surface area contributed by atoms with Gasteiger partial charge in [0.1, 0.15) is 5.75 Å². The molecule has 0 spiro atoms. The third-order valence-electron chi connectivity index (χ3n) is 6.40. The van der Waals surface area contributed by atoms with E-state index in [0.29, 0.717) is 37.4 Å². The lowest BCUT2D eigenvalue weighted by molar-refractivity contribution is -0.132. The number of benzene rings is 2. The number of methoxy groups -OCH3 is 1. The lowest BCUT2D eigenvalue weighted by atomic mass is 9.80. The van der Waals surface area contributed by atoms with Crippen LogP contribution in [0.4, 0.5) is 0 Å². The highest BCUT2D eigenvalue weighted by Crippen LogP contribution is 2.34. The van der Waals surface area contributed by atoms with Gasteiger partial charge in [-0.2, -0.15) is 4.31 Å². The number of rotatable bonds is 6. The molecule has 168 valence electrons. The molecule has 0 atom stereocenters. The molecule has 7 heteroatoms. The Morgan fingerprint density at radius 2 is 1.61 bits per heavy atom. The molecule has 1 amide bonds. The number of hydrogen-bond acceptors (Lipinski definition) is 4. The van der Waals surface area contributed by atoms with Crippen molar-refractivity contribution in [3.63, 3.8) is 0 Å². The van der Waals surface area contributed by atoms with Crippen molar-refractivity contribution in [3.8, 4) is 5.75 Å². The molecule has 2 aromatic carbocycles. The van der Waals surface area contributed by atoms with E-state index >= 15 is 0 Å². The van der Waals surface area contributed by atoms with Gasteiger partial charge in [0.2, 0.25) is 15.9 Å². The summed E-state index contributed by atoms with van der Waals surface area (Å²) in [7, 11) is -1.96. The van der Waals surface area contributed by atoms with Gasteiger partial charge in [0.05, 0.1) is 12.0 Å². The van der Waals surface area contributed by atoms with Gasteiger partial charge in [-0.05, 0) is 74.1 Å². The van der Waals surface area contributed by atoms with Gasteiger partial charge < -0.3 is 10.1 Å². The number of nitrogens with zero attached hydrogens (tertiary/aromatic N) is 1. The van der Waals surface area contributed by atoms with E-state index in [9.17, 15) is 13.2 Å². The van der Waals surface area contributed by atoms with Crippen molar-refractivity contribution < 1.29 is 17.9 Å². The van der Waals surface area contributed by atoms with Crippen molar-refractivity contribution in [2.45, 2.75) is 52.0 Å². The van der Waals surface area contributed by atoms with E-state index < -0.39 is 15.4 Å². The van der Waals surface area contributed by atoms with E-state index in [4.69, 9.17) is 4.74 Å². The first-order chi connectivity index (χ1) is 14.6. The quantitative estimate of drug-likeness (QED) is 0.737. The maximum absolute atomic E-state index is 13.2. The standard InChI is InChI=1S/C24H32N2O4S/c1-17-14-19(3)22(15-18(17)2)31(28,29)26-12-10-24(4,11-13-26)23(27)25-16-20-6-8-21(30-5)9-7-20/h6-9,14-15H,10-13,16H2,1-5H3,(H,25,27). The van der Waals surface area contributed by atoms with E-state index in [-0.39, 0.29) is 5.91 Å². The molecule has 0 aromatic heterocycles. The number of piperidine rings is 1. The predicted octanol–water partition coefficient (Wildman–Crippen LogP) is 3.73. The van der Waals surface area contributed by atoms with Crippen molar-refractivity contribution in [1.29, 1.82) is 0 Å². The van der Waals surface area contributed by atoms with Crippen LogP contribution in [0.5, 0.6) is 5.75 Å². The second-order valence-corrected chi connectivity index (χ2v) is 10.6. The van der Waals surface area contributed by atoms with E-state index in [1.807, 2.05) is 58.0 Å². The smallest absolute Gasteiger partial charge is 0.243 e. The molecule has 3 rings (SSSR count). The molecule has 1 fully saturated rings. The first-order valence-electron chi connectivity index (χ1n) is 10.6. The van der Waals surface area contributed by atoms with Gasteiger partial charge in [-0.15, -0.1) is 0 Å². The van der Waals surface area contributed by atoms with Crippen LogP contribution in [0.3, 0.4) is 0 Å². The fourth-order valence-corrected chi connectivity index (χ4v) is 5.67. The highest BCUT2D eigenvalue weighted by atomic mass is 32.2. The molecule has 1 aliphatic rings. The third kappa shape index (κ3) is 4.93. The van der Waals surface area contributed by atoms with Gasteiger partial charge in [0, 0.05) is 25.0 Å². The first kappa shape index (κ1) is 23.3. The van der Waals surface area contributed by atoms with Crippen LogP contribution in [0.25, 0.3) is 0 Å². The molecule has 1 heterocycles. The van der Waals surface area contributed by atoms with Gasteiger partial charge in [-0.25, -0.2) is 8.42 Å². The summed E-state index contributed by atoms with van der Waals surface area (Å²) >= 11 is 0. The molecule has 0 unspecified atom stereocenters. The normalized spacial score (nSPS) is 16.7. The molecular weight excluding hydrogens is 412 g/mol. The first-order valence-corrected chi connectivity index (χ1v) is 12.0. The van der Waals surface area contributed by atoms with E-state index in [1.165, 1.54) is 4.31 Å². The number of aryl methyl sites for hydroxylation is 3. The van der Waals surface area contributed by atoms with Crippen LogP contribution in [0.2, 0.25) is 0 Å². The predicted molar refractivity (Wildman–Crippen MR) is 122 cm³/mol. The Kier molecular flexibility index (Phi) is 6.76. The summed E-state index contributed by atoms with van der Waals surface area (Å²) < 4.78 is 33.1. The Balaban J connectivity index is 1.64. The summed E-state index contributed by atoms with van der Waals surface area (Å²) in [6.07, 6.45) is 0.981. The highest BCUT2D eigenvalue weighted by molar-refractivity contribution is 7.89. The van der Waals surface area contributed by atoms with Gasteiger partial charge in [0.25, 0.3) is 0 Å². The van der Waals surface area contributed by atoms with Crippen LogP contribution >= 0.6 is 0 Å². The summed E-state index contributed by atoms with van der Waals surface area (Å²) in [4.78, 5) is 13.2. The lowest BCUT2D eigenvalue weighted by Crippen LogP contribution is -2.48. The summed E-state index contributed by atoms with van der Waals surface area (Å²) in [5.74, 6) is 0.734. The Labute approximate surface area is 185 Å².